The van der Waals surface area contributed by atoms with Crippen LogP contribution in [-0.4, -0.2) is 41.9 Å². The first-order valence-electron chi connectivity index (χ1n) is 6.56. The van der Waals surface area contributed by atoms with Crippen molar-refractivity contribution in [3.63, 3.8) is 0 Å². The Kier molecular flexibility index (Phi) is 4.95. The van der Waals surface area contributed by atoms with Gasteiger partial charge in [0.2, 0.25) is 5.91 Å². The van der Waals surface area contributed by atoms with Crippen LogP contribution in [-0.2, 0) is 19.4 Å². The third kappa shape index (κ3) is 3.26. The number of carbonyl (C=O) groups excluding carboxylic acids is 1. The molecule has 1 rings (SSSR count). The summed E-state index contributed by atoms with van der Waals surface area (Å²) in [5, 5.41) is 10.6. The fraction of sp³-hybridized carbons (Fsp3) is 0.833. The summed E-state index contributed by atoms with van der Waals surface area (Å²) >= 11 is 0. The van der Waals surface area contributed by atoms with Crippen LogP contribution in [0.25, 0.3) is 0 Å². The predicted molar refractivity (Wildman–Crippen MR) is 70.5 cm³/mol. The highest BCUT2D eigenvalue weighted by Gasteiger charge is 2.42. The monoisotopic (exact) mass is 291 g/mol. The third-order valence-electron chi connectivity index (χ3n) is 3.85. The van der Waals surface area contributed by atoms with E-state index in [1.165, 1.54) is 0 Å². The molecule has 0 radical (unpaired) electrons. The molecule has 0 aromatic heterocycles. The van der Waals surface area contributed by atoms with E-state index < -0.39 is 32.5 Å². The standard InChI is InChI=1S/C12H21NO5S/c1-3-12(4-2,11(15)16)13-10(14)9-7-5-6-8-19(9,17)18/h9H,3-8H2,1-2H3,(H,13,14)(H,15,16). The Morgan fingerprint density at radius 2 is 1.84 bits per heavy atom. The quantitative estimate of drug-likeness (QED) is 0.777. The van der Waals surface area contributed by atoms with Crippen LogP contribution in [0.1, 0.15) is 46.0 Å². The van der Waals surface area contributed by atoms with Gasteiger partial charge in [-0.1, -0.05) is 20.3 Å². The molecule has 0 aromatic carbocycles. The lowest BCUT2D eigenvalue weighted by molar-refractivity contribution is -0.148. The summed E-state index contributed by atoms with van der Waals surface area (Å²) in [7, 11) is -3.44. The maximum Gasteiger partial charge on any atom is 0.329 e. The molecular weight excluding hydrogens is 270 g/mol. The van der Waals surface area contributed by atoms with E-state index in [0.717, 1.165) is 0 Å². The molecule has 1 atom stereocenters. The molecule has 6 nitrogen and oxygen atoms in total. The molecular formula is C12H21NO5S. The number of carboxylic acid groups (broad SMARTS) is 1. The van der Waals surface area contributed by atoms with Gasteiger partial charge in [0.25, 0.3) is 0 Å². The number of amides is 1. The molecule has 0 saturated carbocycles. The number of nitrogens with one attached hydrogen (secondary N) is 1. The number of carboxylic acids is 1. The van der Waals surface area contributed by atoms with Gasteiger partial charge in [0, 0.05) is 0 Å². The van der Waals surface area contributed by atoms with Crippen molar-refractivity contribution in [3.05, 3.63) is 0 Å². The fourth-order valence-electron chi connectivity index (χ4n) is 2.35. The molecule has 1 unspecified atom stereocenters. The van der Waals surface area contributed by atoms with Gasteiger partial charge in [-0.05, 0) is 25.7 Å². The Balaban J connectivity index is 2.91. The number of sulfone groups is 1. The van der Waals surface area contributed by atoms with Crippen molar-refractivity contribution in [2.45, 2.75) is 56.7 Å². The average molecular weight is 291 g/mol. The zero-order valence-electron chi connectivity index (χ0n) is 11.3. The van der Waals surface area contributed by atoms with Gasteiger partial charge in [-0.15, -0.1) is 0 Å². The molecule has 0 spiro atoms. The van der Waals surface area contributed by atoms with Gasteiger partial charge in [-0.2, -0.15) is 0 Å². The van der Waals surface area contributed by atoms with Crippen LogP contribution in [0, 0.1) is 0 Å². The summed E-state index contributed by atoms with van der Waals surface area (Å²) in [6.45, 7) is 3.32. The number of hydrogen-bond acceptors (Lipinski definition) is 4. The van der Waals surface area contributed by atoms with Gasteiger partial charge in [0.15, 0.2) is 9.84 Å². The molecule has 1 amide bonds. The van der Waals surface area contributed by atoms with Gasteiger partial charge >= 0.3 is 5.97 Å². The highest BCUT2D eigenvalue weighted by Crippen LogP contribution is 2.22. The van der Waals surface area contributed by atoms with E-state index in [2.05, 4.69) is 5.32 Å². The van der Waals surface area contributed by atoms with E-state index in [1.807, 2.05) is 0 Å². The third-order valence-corrected chi connectivity index (χ3v) is 6.02. The smallest absolute Gasteiger partial charge is 0.329 e. The van der Waals surface area contributed by atoms with Crippen LogP contribution in [0.15, 0.2) is 0 Å². The number of carbonyl (C=O) groups is 2. The Morgan fingerprint density at radius 3 is 2.26 bits per heavy atom. The molecule has 1 heterocycles. The van der Waals surface area contributed by atoms with Crippen molar-refractivity contribution >= 4 is 21.7 Å². The van der Waals surface area contributed by atoms with E-state index in [9.17, 15) is 23.1 Å². The van der Waals surface area contributed by atoms with E-state index >= 15 is 0 Å². The van der Waals surface area contributed by atoms with Crippen molar-refractivity contribution in [2.24, 2.45) is 0 Å². The van der Waals surface area contributed by atoms with Gasteiger partial charge in [-0.25, -0.2) is 13.2 Å². The van der Waals surface area contributed by atoms with E-state index in [-0.39, 0.29) is 25.0 Å². The number of aliphatic carboxylic acids is 1. The Labute approximate surface area is 113 Å². The summed E-state index contributed by atoms with van der Waals surface area (Å²) < 4.78 is 23.7. The summed E-state index contributed by atoms with van der Waals surface area (Å²) in [6.07, 6.45) is 1.96. The Bertz CT molecular complexity index is 453. The maximum absolute atomic E-state index is 12.1. The highest BCUT2D eigenvalue weighted by atomic mass is 32.2. The SMILES string of the molecule is CCC(CC)(NC(=O)C1CCCCS1(=O)=O)C(=O)O. The van der Waals surface area contributed by atoms with E-state index in [1.54, 1.807) is 13.8 Å². The van der Waals surface area contributed by atoms with Gasteiger partial charge in [0.05, 0.1) is 5.75 Å². The zero-order chi connectivity index (χ0) is 14.7. The molecule has 2 N–H and O–H groups in total. The van der Waals surface area contributed by atoms with Crippen molar-refractivity contribution in [3.8, 4) is 0 Å². The molecule has 7 heteroatoms. The first kappa shape index (κ1) is 15.9. The minimum absolute atomic E-state index is 0.00338. The van der Waals surface area contributed by atoms with Crippen molar-refractivity contribution in [1.82, 2.24) is 5.32 Å². The topological polar surface area (TPSA) is 101 Å². The second kappa shape index (κ2) is 5.90. The average Bonchev–Trinajstić information content (AvgIpc) is 2.34. The molecule has 0 aliphatic carbocycles. The first-order chi connectivity index (χ1) is 8.79. The van der Waals surface area contributed by atoms with Crippen LogP contribution >= 0.6 is 0 Å². The lowest BCUT2D eigenvalue weighted by atomic mass is 9.92. The maximum atomic E-state index is 12.1. The van der Waals surface area contributed by atoms with Crippen LogP contribution in [0.5, 0.6) is 0 Å². The summed E-state index contributed by atoms with van der Waals surface area (Å²) in [6, 6.07) is 0. The minimum Gasteiger partial charge on any atom is -0.480 e. The summed E-state index contributed by atoms with van der Waals surface area (Å²) in [4.78, 5) is 23.4. The molecule has 19 heavy (non-hydrogen) atoms. The lowest BCUT2D eigenvalue weighted by Crippen LogP contribution is -2.57. The predicted octanol–water partition coefficient (Wildman–Crippen LogP) is 0.713. The van der Waals surface area contributed by atoms with Crippen LogP contribution in [0.2, 0.25) is 0 Å². The fourth-order valence-corrected chi connectivity index (χ4v) is 4.15. The van der Waals surface area contributed by atoms with Crippen molar-refractivity contribution in [1.29, 1.82) is 0 Å². The molecule has 1 aliphatic heterocycles. The molecule has 1 fully saturated rings. The zero-order valence-corrected chi connectivity index (χ0v) is 12.1. The van der Waals surface area contributed by atoms with Crippen LogP contribution in [0.3, 0.4) is 0 Å². The first-order valence-corrected chi connectivity index (χ1v) is 8.27. The number of hydrogen-bond donors (Lipinski definition) is 2. The van der Waals surface area contributed by atoms with Crippen LogP contribution in [0.4, 0.5) is 0 Å². The molecule has 110 valence electrons. The second-order valence-electron chi connectivity index (χ2n) is 4.94. The van der Waals surface area contributed by atoms with Crippen molar-refractivity contribution < 1.29 is 23.1 Å². The summed E-state index contributed by atoms with van der Waals surface area (Å²) in [5.74, 6) is -1.80. The normalized spacial score (nSPS) is 22.7. The highest BCUT2D eigenvalue weighted by molar-refractivity contribution is 7.92. The Hall–Kier alpha value is -1.11. The molecule has 0 bridgehead atoms. The van der Waals surface area contributed by atoms with Crippen molar-refractivity contribution in [2.75, 3.05) is 5.75 Å². The van der Waals surface area contributed by atoms with E-state index in [0.29, 0.717) is 12.8 Å². The number of rotatable bonds is 5. The molecule has 1 aliphatic rings. The second-order valence-corrected chi connectivity index (χ2v) is 7.24. The van der Waals surface area contributed by atoms with Gasteiger partial charge in [-0.3, -0.25) is 4.79 Å². The minimum atomic E-state index is -3.44. The Morgan fingerprint density at radius 1 is 1.26 bits per heavy atom. The van der Waals surface area contributed by atoms with Gasteiger partial charge < -0.3 is 10.4 Å². The van der Waals surface area contributed by atoms with Gasteiger partial charge in [0.1, 0.15) is 10.8 Å². The molecule has 1 saturated heterocycles. The largest absolute Gasteiger partial charge is 0.480 e. The molecule has 0 aromatic rings. The lowest BCUT2D eigenvalue weighted by Gasteiger charge is -2.31. The van der Waals surface area contributed by atoms with Crippen LogP contribution < -0.4 is 5.32 Å². The van der Waals surface area contributed by atoms with E-state index in [4.69, 9.17) is 0 Å². The summed E-state index contributed by atoms with van der Waals surface area (Å²) in [5.41, 5.74) is -1.37.